The lowest BCUT2D eigenvalue weighted by Crippen LogP contribution is -2.44. The maximum Gasteiger partial charge on any atom is 0.512 e. The molecule has 0 saturated carbocycles. The van der Waals surface area contributed by atoms with Gasteiger partial charge in [-0.25, -0.2) is 8.42 Å². The monoisotopic (exact) mass is 292 g/mol. The van der Waals surface area contributed by atoms with Crippen LogP contribution in [-0.4, -0.2) is 36.2 Å². The fourth-order valence-electron chi connectivity index (χ4n) is 1.54. The molecule has 0 radical (unpaired) electrons. The number of carbonyl (C=O) groups is 1. The van der Waals surface area contributed by atoms with Gasteiger partial charge < -0.3 is 0 Å². The fourth-order valence-corrected chi connectivity index (χ4v) is 3.41. The summed E-state index contributed by atoms with van der Waals surface area (Å²) in [6.45, 7) is 0. The van der Waals surface area contributed by atoms with Crippen LogP contribution >= 0.6 is 0 Å². The molecule has 8 nitrogen and oxygen atoms in total. The number of nitrogens with zero attached hydrogens (tertiary/aromatic N) is 2. The number of amides is 1. The van der Waals surface area contributed by atoms with Gasteiger partial charge in [0.05, 0.1) is 6.26 Å². The molecule has 0 unspecified atom stereocenters. The summed E-state index contributed by atoms with van der Waals surface area (Å²) in [4.78, 5) is 11.4. The van der Waals surface area contributed by atoms with Gasteiger partial charge in [0.2, 0.25) is 10.0 Å². The van der Waals surface area contributed by atoms with Crippen molar-refractivity contribution >= 4 is 31.8 Å². The summed E-state index contributed by atoms with van der Waals surface area (Å²) in [6.07, 6.45) is 2.18. The molecule has 1 aliphatic rings. The lowest BCUT2D eigenvalue weighted by atomic mass is 10.4. The minimum Gasteiger partial charge on any atom is -0.268 e. The number of anilines is 1. The Morgan fingerprint density at radius 2 is 2.00 bits per heavy atom. The number of hydrogen-bond donors (Lipinski definition) is 1. The quantitative estimate of drug-likeness (QED) is 0.677. The summed E-state index contributed by atoms with van der Waals surface area (Å²) >= 11 is 0. The average Bonchev–Trinajstić information content (AvgIpc) is 2.47. The Labute approximate surface area is 104 Å². The van der Waals surface area contributed by atoms with Crippen LogP contribution < -0.4 is 13.6 Å². The molecule has 10 heteroatoms. The Morgan fingerprint density at radius 1 is 1.39 bits per heavy atom. The van der Waals surface area contributed by atoms with Gasteiger partial charge in [0.1, 0.15) is 11.9 Å². The molecule has 1 amide bonds. The van der Waals surface area contributed by atoms with Crippen molar-refractivity contribution in [3.8, 4) is 0 Å². The van der Waals surface area contributed by atoms with E-state index in [1.54, 1.807) is 4.72 Å². The van der Waals surface area contributed by atoms with Gasteiger partial charge in [0, 0.05) is 7.05 Å². The highest BCUT2D eigenvalue weighted by atomic mass is 32.2. The molecule has 2 rings (SSSR count). The maximum atomic E-state index is 11.7. The highest BCUT2D eigenvalue weighted by Gasteiger charge is 2.45. The van der Waals surface area contributed by atoms with Crippen LogP contribution in [0.25, 0.3) is 0 Å². The molecular weight excluding hydrogens is 282 g/mol. The Kier molecular flexibility index (Phi) is 2.59. The summed E-state index contributed by atoms with van der Waals surface area (Å²) in [7, 11) is -6.45. The van der Waals surface area contributed by atoms with Crippen LogP contribution in [-0.2, 0) is 20.0 Å². The molecule has 0 bridgehead atoms. The van der Waals surface area contributed by atoms with E-state index in [1.807, 2.05) is 0 Å². The molecule has 0 aliphatic carbocycles. The van der Waals surface area contributed by atoms with E-state index in [-0.39, 0.29) is 10.7 Å². The molecule has 1 N–H and O–H groups in total. The van der Waals surface area contributed by atoms with E-state index in [1.165, 1.54) is 25.4 Å². The number of hydrogen-bond acceptors (Lipinski definition) is 5. The molecule has 2 heterocycles. The van der Waals surface area contributed by atoms with Crippen LogP contribution in [0.4, 0.5) is 10.5 Å². The molecule has 1 aromatic heterocycles. The Morgan fingerprint density at radius 3 is 2.56 bits per heavy atom. The van der Waals surface area contributed by atoms with Crippen molar-refractivity contribution in [3.05, 3.63) is 18.3 Å². The fraction of sp³-hybridized carbons (Fsp3) is 0.250. The second-order valence-electron chi connectivity index (χ2n) is 3.71. The first kappa shape index (κ1) is 12.8. The minimum atomic E-state index is -4.03. The Bertz CT molecular complexity index is 738. The standard InChI is InChI=1S/C8H9N3O5S2/c1-10(17(2,13)14)6-4-3-5-11-7(6)18(15,16)9-8(11)12/h3-5H,1-2H3/p+1. The molecule has 0 saturated heterocycles. The van der Waals surface area contributed by atoms with E-state index in [9.17, 15) is 21.6 Å². The summed E-state index contributed by atoms with van der Waals surface area (Å²) in [5, 5.41) is -0.386. The zero-order valence-corrected chi connectivity index (χ0v) is 11.1. The van der Waals surface area contributed by atoms with Crippen molar-refractivity contribution in [2.45, 2.75) is 5.03 Å². The van der Waals surface area contributed by atoms with E-state index >= 15 is 0 Å². The number of pyridine rings is 1. The largest absolute Gasteiger partial charge is 0.512 e. The summed E-state index contributed by atoms with van der Waals surface area (Å²) < 4.78 is 49.8. The smallest absolute Gasteiger partial charge is 0.268 e. The number of sulfonamides is 2. The van der Waals surface area contributed by atoms with Crippen molar-refractivity contribution in [2.24, 2.45) is 0 Å². The first-order valence-electron chi connectivity index (χ1n) is 4.70. The van der Waals surface area contributed by atoms with E-state index in [0.717, 1.165) is 15.1 Å². The lowest BCUT2D eigenvalue weighted by molar-refractivity contribution is -0.606. The van der Waals surface area contributed by atoms with Crippen molar-refractivity contribution in [2.75, 3.05) is 17.6 Å². The number of rotatable bonds is 2. The third kappa shape index (κ3) is 1.82. The van der Waals surface area contributed by atoms with Gasteiger partial charge >= 0.3 is 16.1 Å². The first-order valence-corrected chi connectivity index (χ1v) is 8.03. The van der Waals surface area contributed by atoms with Crippen molar-refractivity contribution in [3.63, 3.8) is 0 Å². The number of fused-ring (bicyclic) bond motifs is 1. The Hall–Kier alpha value is -1.68. The Balaban J connectivity index is 2.79. The third-order valence-electron chi connectivity index (χ3n) is 2.46. The molecule has 0 spiro atoms. The number of aromatic nitrogens is 1. The second-order valence-corrected chi connectivity index (χ2v) is 7.32. The van der Waals surface area contributed by atoms with E-state index < -0.39 is 26.1 Å². The van der Waals surface area contributed by atoms with Crippen LogP contribution in [0.5, 0.6) is 0 Å². The number of nitrogens with one attached hydrogen (secondary N) is 1. The highest BCUT2D eigenvalue weighted by Crippen LogP contribution is 2.24. The minimum absolute atomic E-state index is 0.0849. The number of carbonyl (C=O) groups excluding carboxylic acids is 1. The zero-order valence-electron chi connectivity index (χ0n) is 9.48. The van der Waals surface area contributed by atoms with Gasteiger partial charge in [-0.1, -0.05) is 0 Å². The van der Waals surface area contributed by atoms with E-state index in [0.29, 0.717) is 0 Å². The summed E-state index contributed by atoms with van der Waals surface area (Å²) in [5.74, 6) is 0. The van der Waals surface area contributed by atoms with Crippen LogP contribution in [0.1, 0.15) is 0 Å². The molecule has 0 fully saturated rings. The first-order chi connectivity index (χ1) is 8.14. The molecular formula is C8H10N3O5S2+. The van der Waals surface area contributed by atoms with E-state index in [4.69, 9.17) is 0 Å². The van der Waals surface area contributed by atoms with Crippen molar-refractivity contribution in [1.29, 1.82) is 0 Å². The summed E-state index contributed by atoms with van der Waals surface area (Å²) in [6, 6.07) is 1.86. The molecule has 0 atom stereocenters. The van der Waals surface area contributed by atoms with Crippen LogP contribution in [0.2, 0.25) is 0 Å². The average molecular weight is 292 g/mol. The predicted octanol–water partition coefficient (Wildman–Crippen LogP) is -1.37. The van der Waals surface area contributed by atoms with E-state index in [2.05, 4.69) is 0 Å². The van der Waals surface area contributed by atoms with Gasteiger partial charge in [-0.2, -0.15) is 13.2 Å². The highest BCUT2D eigenvalue weighted by molar-refractivity contribution is 7.92. The van der Waals surface area contributed by atoms with Gasteiger partial charge in [-0.3, -0.25) is 4.31 Å². The topological polar surface area (TPSA) is 104 Å². The second kappa shape index (κ2) is 3.65. The van der Waals surface area contributed by atoms with Crippen molar-refractivity contribution < 1.29 is 26.2 Å². The van der Waals surface area contributed by atoms with Crippen LogP contribution in [0.3, 0.4) is 0 Å². The molecule has 1 aromatic rings. The van der Waals surface area contributed by atoms with Crippen LogP contribution in [0, 0.1) is 0 Å². The van der Waals surface area contributed by atoms with Gasteiger partial charge in [-0.15, -0.1) is 9.29 Å². The zero-order chi connectivity index (χ0) is 13.7. The normalized spacial score (nSPS) is 17.1. The predicted molar refractivity (Wildman–Crippen MR) is 61.0 cm³/mol. The molecule has 18 heavy (non-hydrogen) atoms. The maximum absolute atomic E-state index is 11.7. The molecule has 0 aromatic carbocycles. The van der Waals surface area contributed by atoms with Gasteiger partial charge in [0.15, 0.2) is 0 Å². The van der Waals surface area contributed by atoms with Gasteiger partial charge in [0.25, 0.3) is 5.03 Å². The van der Waals surface area contributed by atoms with Crippen molar-refractivity contribution in [1.82, 2.24) is 4.72 Å². The molecule has 98 valence electrons. The van der Waals surface area contributed by atoms with Gasteiger partial charge in [-0.05, 0) is 12.1 Å². The third-order valence-corrected chi connectivity index (χ3v) is 5.01. The van der Waals surface area contributed by atoms with Crippen LogP contribution in [0.15, 0.2) is 23.4 Å². The lowest BCUT2D eigenvalue weighted by Gasteiger charge is -2.16. The SMILES string of the molecule is CN(c1ccc[n+]2c1S(=O)(=O)NC2=O)S(C)(=O)=O. The summed E-state index contributed by atoms with van der Waals surface area (Å²) in [5.41, 5.74) is -0.0849. The molecule has 1 aliphatic heterocycles.